The number of hydrogen-bond donors (Lipinski definition) is 2. The molecule has 0 fully saturated rings. The Labute approximate surface area is 213 Å². The molecular formula is C28H24N6O3. The van der Waals surface area contributed by atoms with Crippen LogP contribution in [0.5, 0.6) is 5.75 Å². The number of carbonyl (C=O) groups excluding carboxylic acids is 2. The monoisotopic (exact) mass is 492 g/mol. The quantitative estimate of drug-likeness (QED) is 0.424. The Morgan fingerprint density at radius 2 is 1.92 bits per heavy atom. The van der Waals surface area contributed by atoms with Gasteiger partial charge in [0.15, 0.2) is 0 Å². The van der Waals surface area contributed by atoms with Crippen molar-refractivity contribution < 1.29 is 14.3 Å². The van der Waals surface area contributed by atoms with Gasteiger partial charge in [0.2, 0.25) is 5.82 Å². The van der Waals surface area contributed by atoms with Crippen LogP contribution in [0.25, 0.3) is 0 Å². The number of ether oxygens (including phenoxy) is 1. The van der Waals surface area contributed by atoms with Crippen molar-refractivity contribution in [1.82, 2.24) is 25.5 Å². The van der Waals surface area contributed by atoms with Crippen molar-refractivity contribution in [3.8, 4) is 17.6 Å². The first kappa shape index (κ1) is 23.8. The van der Waals surface area contributed by atoms with Gasteiger partial charge >= 0.3 is 0 Å². The standard InChI is InChI=1S/C28H24N6O3/c1-18-25(31-27(35)26-30-24(32-33-26)16-19-7-4-3-5-8-19)28(36)34(2)22-15-20(12-13-23(22)37-18)10-11-21-9-6-14-29-17-21/h3-9,12-15,17-18,25H,16H2,1-2H3,(H,31,35)(H,30,32,33)/t18-,25+/m1/s1. The van der Waals surface area contributed by atoms with Gasteiger partial charge in [-0.25, -0.2) is 4.98 Å². The van der Waals surface area contributed by atoms with E-state index in [9.17, 15) is 9.59 Å². The summed E-state index contributed by atoms with van der Waals surface area (Å²) in [5.74, 6) is 6.30. The molecule has 2 atom stereocenters. The third kappa shape index (κ3) is 5.33. The second-order valence-corrected chi connectivity index (χ2v) is 8.61. The number of likely N-dealkylation sites (N-methyl/N-ethyl adjacent to an activating group) is 1. The zero-order valence-electron chi connectivity index (χ0n) is 20.3. The van der Waals surface area contributed by atoms with E-state index in [4.69, 9.17) is 4.74 Å². The summed E-state index contributed by atoms with van der Waals surface area (Å²) in [4.78, 5) is 36.1. The smallest absolute Gasteiger partial charge is 0.291 e. The van der Waals surface area contributed by atoms with Crippen LogP contribution >= 0.6 is 0 Å². The summed E-state index contributed by atoms with van der Waals surface area (Å²) < 4.78 is 6.06. The molecule has 0 unspecified atom stereocenters. The van der Waals surface area contributed by atoms with Crippen LogP contribution in [0.15, 0.2) is 73.1 Å². The summed E-state index contributed by atoms with van der Waals surface area (Å²) in [6.07, 6.45) is 3.25. The number of benzene rings is 2. The second kappa shape index (κ2) is 10.3. The van der Waals surface area contributed by atoms with E-state index in [1.165, 1.54) is 4.90 Å². The van der Waals surface area contributed by atoms with Gasteiger partial charge in [0.1, 0.15) is 23.7 Å². The summed E-state index contributed by atoms with van der Waals surface area (Å²) in [5, 5.41) is 9.57. The Hall–Kier alpha value is -4.97. The number of pyridine rings is 1. The van der Waals surface area contributed by atoms with Gasteiger partial charge in [0, 0.05) is 37.0 Å². The molecule has 1 aliphatic heterocycles. The molecule has 0 bridgehead atoms. The van der Waals surface area contributed by atoms with E-state index in [2.05, 4.69) is 37.3 Å². The molecule has 2 N–H and O–H groups in total. The van der Waals surface area contributed by atoms with Gasteiger partial charge in [-0.2, -0.15) is 0 Å². The molecular weight excluding hydrogens is 468 g/mol. The molecule has 9 nitrogen and oxygen atoms in total. The second-order valence-electron chi connectivity index (χ2n) is 8.61. The molecule has 3 heterocycles. The molecule has 0 radical (unpaired) electrons. The van der Waals surface area contributed by atoms with Gasteiger partial charge in [-0.1, -0.05) is 42.2 Å². The number of carbonyl (C=O) groups is 2. The van der Waals surface area contributed by atoms with Gasteiger partial charge in [0.05, 0.1) is 5.69 Å². The summed E-state index contributed by atoms with van der Waals surface area (Å²) in [6.45, 7) is 1.74. The Morgan fingerprint density at radius 3 is 2.70 bits per heavy atom. The molecule has 2 amide bonds. The average molecular weight is 493 g/mol. The predicted molar refractivity (Wildman–Crippen MR) is 137 cm³/mol. The maximum atomic E-state index is 13.4. The van der Waals surface area contributed by atoms with E-state index >= 15 is 0 Å². The third-order valence-electron chi connectivity index (χ3n) is 5.95. The minimum absolute atomic E-state index is 0.0386. The third-order valence-corrected chi connectivity index (χ3v) is 5.95. The number of hydrogen-bond acceptors (Lipinski definition) is 6. The van der Waals surface area contributed by atoms with E-state index in [0.29, 0.717) is 29.2 Å². The van der Waals surface area contributed by atoms with Crippen LogP contribution in [-0.2, 0) is 11.2 Å². The molecule has 4 aromatic rings. The molecule has 1 aliphatic rings. The van der Waals surface area contributed by atoms with Crippen molar-refractivity contribution in [2.24, 2.45) is 0 Å². The Morgan fingerprint density at radius 1 is 1.11 bits per heavy atom. The van der Waals surface area contributed by atoms with Crippen LogP contribution in [-0.4, -0.2) is 51.2 Å². The molecule has 0 aliphatic carbocycles. The van der Waals surface area contributed by atoms with Gasteiger partial charge < -0.3 is 15.0 Å². The minimum atomic E-state index is -0.939. The van der Waals surface area contributed by atoms with Crippen LogP contribution in [0.3, 0.4) is 0 Å². The zero-order chi connectivity index (χ0) is 25.8. The van der Waals surface area contributed by atoms with E-state index in [1.54, 1.807) is 38.5 Å². The predicted octanol–water partition coefficient (Wildman–Crippen LogP) is 2.73. The highest BCUT2D eigenvalue weighted by Crippen LogP contribution is 2.33. The van der Waals surface area contributed by atoms with Gasteiger partial charge in [-0.05, 0) is 42.8 Å². The zero-order valence-corrected chi connectivity index (χ0v) is 20.3. The fourth-order valence-corrected chi connectivity index (χ4v) is 3.98. The van der Waals surface area contributed by atoms with Crippen molar-refractivity contribution in [3.63, 3.8) is 0 Å². The summed E-state index contributed by atoms with van der Waals surface area (Å²) in [5.41, 5.74) is 3.10. The van der Waals surface area contributed by atoms with Crippen molar-refractivity contribution in [2.75, 3.05) is 11.9 Å². The Bertz CT molecular complexity index is 1490. The minimum Gasteiger partial charge on any atom is -0.486 e. The fraction of sp³-hybridized carbons (Fsp3) is 0.179. The molecule has 0 saturated carbocycles. The number of anilines is 1. The van der Waals surface area contributed by atoms with E-state index < -0.39 is 18.1 Å². The molecule has 5 rings (SSSR count). The van der Waals surface area contributed by atoms with Gasteiger partial charge in [-0.15, -0.1) is 5.10 Å². The number of fused-ring (bicyclic) bond motifs is 1. The number of amides is 2. The number of aromatic nitrogens is 4. The lowest BCUT2D eigenvalue weighted by Gasteiger charge is -2.23. The number of nitrogens with one attached hydrogen (secondary N) is 2. The fourth-order valence-electron chi connectivity index (χ4n) is 3.98. The molecule has 184 valence electrons. The van der Waals surface area contributed by atoms with Crippen LogP contribution in [0.1, 0.15) is 40.1 Å². The highest BCUT2D eigenvalue weighted by atomic mass is 16.5. The maximum absolute atomic E-state index is 13.4. The highest BCUT2D eigenvalue weighted by Gasteiger charge is 2.36. The highest BCUT2D eigenvalue weighted by molar-refractivity contribution is 6.02. The lowest BCUT2D eigenvalue weighted by Crippen LogP contribution is -2.53. The van der Waals surface area contributed by atoms with Crippen molar-refractivity contribution in [3.05, 3.63) is 101 Å². The van der Waals surface area contributed by atoms with Gasteiger partial charge in [-0.3, -0.25) is 19.7 Å². The number of aromatic amines is 1. The Kier molecular flexibility index (Phi) is 6.64. The molecule has 9 heteroatoms. The van der Waals surface area contributed by atoms with Crippen molar-refractivity contribution in [2.45, 2.75) is 25.5 Å². The molecule has 0 spiro atoms. The van der Waals surface area contributed by atoms with E-state index in [-0.39, 0.29) is 11.7 Å². The van der Waals surface area contributed by atoms with Crippen molar-refractivity contribution in [1.29, 1.82) is 0 Å². The summed E-state index contributed by atoms with van der Waals surface area (Å²) >= 11 is 0. The van der Waals surface area contributed by atoms with Crippen LogP contribution in [0.4, 0.5) is 5.69 Å². The van der Waals surface area contributed by atoms with Gasteiger partial charge in [0.25, 0.3) is 11.8 Å². The van der Waals surface area contributed by atoms with Crippen LogP contribution < -0.4 is 15.0 Å². The topological polar surface area (TPSA) is 113 Å². The van der Waals surface area contributed by atoms with Crippen molar-refractivity contribution >= 4 is 17.5 Å². The normalized spacial score (nSPS) is 16.6. The SMILES string of the molecule is C[C@H]1Oc2ccc(C#Cc3cccnc3)cc2N(C)C(=O)[C@H]1NC(=O)c1n[nH]c(Cc2ccccc2)n1. The lowest BCUT2D eigenvalue weighted by atomic mass is 10.1. The first-order valence-electron chi connectivity index (χ1n) is 11.7. The van der Waals surface area contributed by atoms with Crippen LogP contribution in [0.2, 0.25) is 0 Å². The first-order chi connectivity index (χ1) is 18.0. The number of H-pyrrole nitrogens is 1. The molecule has 2 aromatic carbocycles. The molecule has 0 saturated heterocycles. The lowest BCUT2D eigenvalue weighted by molar-refractivity contribution is -0.121. The largest absolute Gasteiger partial charge is 0.486 e. The Balaban J connectivity index is 1.31. The average Bonchev–Trinajstić information content (AvgIpc) is 3.37. The molecule has 37 heavy (non-hydrogen) atoms. The van der Waals surface area contributed by atoms with Crippen LogP contribution in [0, 0.1) is 11.8 Å². The first-order valence-corrected chi connectivity index (χ1v) is 11.7. The summed E-state index contributed by atoms with van der Waals surface area (Å²) in [7, 11) is 1.64. The van der Waals surface area contributed by atoms with E-state index in [0.717, 1.165) is 11.1 Å². The summed E-state index contributed by atoms with van der Waals surface area (Å²) in [6, 6.07) is 17.9. The molecule has 2 aromatic heterocycles. The number of nitrogens with zero attached hydrogens (tertiary/aromatic N) is 4. The van der Waals surface area contributed by atoms with E-state index in [1.807, 2.05) is 48.5 Å². The number of rotatable bonds is 4. The maximum Gasteiger partial charge on any atom is 0.291 e.